The van der Waals surface area contributed by atoms with E-state index < -0.39 is 0 Å². The van der Waals surface area contributed by atoms with Crippen LogP contribution in [-0.4, -0.2) is 58.7 Å². The first kappa shape index (κ1) is 22.9. The average molecular weight is 471 g/mol. The van der Waals surface area contributed by atoms with Gasteiger partial charge in [-0.05, 0) is 49.6 Å². The van der Waals surface area contributed by atoms with Crippen molar-refractivity contribution in [1.29, 1.82) is 0 Å². The summed E-state index contributed by atoms with van der Waals surface area (Å²) in [5.74, 6) is -0.236. The van der Waals surface area contributed by atoms with Gasteiger partial charge in [0.25, 0.3) is 0 Å². The summed E-state index contributed by atoms with van der Waals surface area (Å²) >= 11 is 1.39. The molecule has 2 N–H and O–H groups in total. The molecule has 0 unspecified atom stereocenters. The van der Waals surface area contributed by atoms with Gasteiger partial charge in [0.15, 0.2) is 5.13 Å². The second-order valence-electron chi connectivity index (χ2n) is 8.09. The van der Waals surface area contributed by atoms with E-state index in [-0.39, 0.29) is 24.2 Å². The lowest BCUT2D eigenvalue weighted by atomic mass is 10.1. The van der Waals surface area contributed by atoms with E-state index in [1.54, 1.807) is 21.9 Å². The van der Waals surface area contributed by atoms with Crippen molar-refractivity contribution in [3.05, 3.63) is 52.9 Å². The highest BCUT2D eigenvalue weighted by Gasteiger charge is 2.24. The number of urea groups is 1. The number of carbonyl (C=O) groups excluding carboxylic acids is 2. The van der Waals surface area contributed by atoms with E-state index in [1.807, 2.05) is 18.5 Å². The Morgan fingerprint density at radius 2 is 2.06 bits per heavy atom. The van der Waals surface area contributed by atoms with Crippen LogP contribution in [0.3, 0.4) is 0 Å². The first-order valence-electron chi connectivity index (χ1n) is 11.0. The Morgan fingerprint density at radius 3 is 2.82 bits per heavy atom. The molecule has 4 rings (SSSR count). The summed E-state index contributed by atoms with van der Waals surface area (Å²) in [4.78, 5) is 32.0. The van der Waals surface area contributed by atoms with Gasteiger partial charge < -0.3 is 10.2 Å². The lowest BCUT2D eigenvalue weighted by Gasteiger charge is -2.16. The molecule has 8 nitrogen and oxygen atoms in total. The molecule has 0 saturated carbocycles. The number of benzene rings is 1. The molecular weight excluding hydrogens is 443 g/mol. The number of H-pyrrole nitrogens is 1. The summed E-state index contributed by atoms with van der Waals surface area (Å²) in [6.07, 6.45) is 4.01. The topological polar surface area (TPSA) is 94.2 Å². The third-order valence-corrected chi connectivity index (χ3v) is 6.51. The zero-order chi connectivity index (χ0) is 23.2. The molecule has 3 aromatic rings. The monoisotopic (exact) mass is 470 g/mol. The van der Waals surface area contributed by atoms with Gasteiger partial charge in [0.1, 0.15) is 5.82 Å². The normalized spacial score (nSPS) is 13.4. The zero-order valence-electron chi connectivity index (χ0n) is 18.5. The van der Waals surface area contributed by atoms with Crippen LogP contribution in [-0.2, 0) is 17.6 Å². The van der Waals surface area contributed by atoms with Gasteiger partial charge in [-0.15, -0.1) is 11.3 Å². The number of unbranched alkanes of at least 4 members (excludes halogenated alkanes) is 2. The number of hydrogen-bond donors (Lipinski definition) is 2. The molecule has 33 heavy (non-hydrogen) atoms. The predicted molar refractivity (Wildman–Crippen MR) is 126 cm³/mol. The number of nitrogens with one attached hydrogen (secondary N) is 2. The quantitative estimate of drug-likeness (QED) is 0.443. The van der Waals surface area contributed by atoms with Gasteiger partial charge >= 0.3 is 6.03 Å². The van der Waals surface area contributed by atoms with Crippen molar-refractivity contribution in [2.75, 3.05) is 31.6 Å². The third kappa shape index (κ3) is 5.95. The number of rotatable bonds is 10. The molecule has 10 heteroatoms. The van der Waals surface area contributed by atoms with Crippen LogP contribution >= 0.6 is 11.3 Å². The summed E-state index contributed by atoms with van der Waals surface area (Å²) in [5, 5.41) is 12.6. The van der Waals surface area contributed by atoms with Crippen LogP contribution in [0.4, 0.5) is 14.3 Å². The Morgan fingerprint density at radius 1 is 1.24 bits per heavy atom. The maximum atomic E-state index is 13.1. The van der Waals surface area contributed by atoms with E-state index in [1.165, 1.54) is 23.5 Å². The molecule has 1 fully saturated rings. The Hall–Kier alpha value is -3.27. The van der Waals surface area contributed by atoms with Crippen molar-refractivity contribution in [2.24, 2.45) is 0 Å². The van der Waals surface area contributed by atoms with Crippen LogP contribution in [0.2, 0.25) is 0 Å². The molecule has 0 bridgehead atoms. The number of aryl methyl sites for hydroxylation is 1. The van der Waals surface area contributed by atoms with Gasteiger partial charge in [0, 0.05) is 43.3 Å². The average Bonchev–Trinajstić information content (AvgIpc) is 3.55. The largest absolute Gasteiger partial charge is 0.345 e. The standard InChI is InChI=1S/C23H27FN6O2S/c1-29(21(31)14-19-15-33-23(26-19)30-12-10-25-22(30)32)11-4-2-3-5-18-13-20(28-27-18)16-6-8-17(24)9-7-16/h6-9,13,15H,2-5,10-12,14H2,1H3,(H,25,32)(H,27,28). The van der Waals surface area contributed by atoms with E-state index in [0.29, 0.717) is 30.5 Å². The van der Waals surface area contributed by atoms with Gasteiger partial charge in [0.05, 0.1) is 17.8 Å². The number of aromatic nitrogens is 3. The molecular formula is C23H27FN6O2S. The number of aromatic amines is 1. The Bertz CT molecular complexity index is 1100. The lowest BCUT2D eigenvalue weighted by Crippen LogP contribution is -2.29. The highest BCUT2D eigenvalue weighted by atomic mass is 32.1. The molecule has 3 amide bonds. The number of nitrogens with zero attached hydrogens (tertiary/aromatic N) is 4. The number of carbonyl (C=O) groups is 2. The van der Waals surface area contributed by atoms with E-state index in [2.05, 4.69) is 20.5 Å². The van der Waals surface area contributed by atoms with Gasteiger partial charge in [-0.25, -0.2) is 14.2 Å². The van der Waals surface area contributed by atoms with Crippen LogP contribution in [0.5, 0.6) is 0 Å². The number of amides is 3. The maximum absolute atomic E-state index is 13.1. The minimum absolute atomic E-state index is 0.0234. The van der Waals surface area contributed by atoms with E-state index in [0.717, 1.165) is 42.6 Å². The van der Waals surface area contributed by atoms with Crippen LogP contribution in [0, 0.1) is 5.82 Å². The summed E-state index contributed by atoms with van der Waals surface area (Å²) in [6.45, 7) is 1.91. The van der Waals surface area contributed by atoms with Crippen LogP contribution in [0.15, 0.2) is 35.7 Å². The first-order valence-corrected chi connectivity index (χ1v) is 11.9. The zero-order valence-corrected chi connectivity index (χ0v) is 19.3. The van der Waals surface area contributed by atoms with E-state index >= 15 is 0 Å². The van der Waals surface area contributed by atoms with E-state index in [4.69, 9.17) is 0 Å². The summed E-state index contributed by atoms with van der Waals surface area (Å²) < 4.78 is 13.1. The molecule has 0 atom stereocenters. The maximum Gasteiger partial charge on any atom is 0.323 e. The molecule has 0 spiro atoms. The number of thiazole rings is 1. The van der Waals surface area contributed by atoms with E-state index in [9.17, 15) is 14.0 Å². The molecule has 174 valence electrons. The van der Waals surface area contributed by atoms with Crippen molar-refractivity contribution in [3.63, 3.8) is 0 Å². The fraction of sp³-hybridized carbons (Fsp3) is 0.391. The molecule has 0 aliphatic carbocycles. The smallest absolute Gasteiger partial charge is 0.323 e. The van der Waals surface area contributed by atoms with Crippen LogP contribution in [0.1, 0.15) is 30.7 Å². The van der Waals surface area contributed by atoms with Crippen molar-refractivity contribution < 1.29 is 14.0 Å². The Kier molecular flexibility index (Phi) is 7.33. The van der Waals surface area contributed by atoms with Gasteiger partial charge in [-0.3, -0.25) is 14.8 Å². The molecule has 0 radical (unpaired) electrons. The number of hydrogen-bond acceptors (Lipinski definition) is 5. The third-order valence-electron chi connectivity index (χ3n) is 5.60. The Labute approximate surface area is 195 Å². The minimum atomic E-state index is -0.259. The van der Waals surface area contributed by atoms with Gasteiger partial charge in [0.2, 0.25) is 5.91 Å². The fourth-order valence-corrected chi connectivity index (χ4v) is 4.52. The summed E-state index contributed by atoms with van der Waals surface area (Å²) in [7, 11) is 1.81. The van der Waals surface area contributed by atoms with Gasteiger partial charge in [-0.2, -0.15) is 5.10 Å². The highest BCUT2D eigenvalue weighted by Crippen LogP contribution is 2.22. The van der Waals surface area contributed by atoms with Crippen LogP contribution < -0.4 is 10.2 Å². The summed E-state index contributed by atoms with van der Waals surface area (Å²) in [6, 6.07) is 8.16. The predicted octanol–water partition coefficient (Wildman–Crippen LogP) is 3.62. The van der Waals surface area contributed by atoms with Gasteiger partial charge in [-0.1, -0.05) is 6.42 Å². The van der Waals surface area contributed by atoms with Crippen molar-refractivity contribution >= 4 is 28.4 Å². The van der Waals surface area contributed by atoms with Crippen molar-refractivity contribution in [1.82, 2.24) is 25.4 Å². The second-order valence-corrected chi connectivity index (χ2v) is 8.93. The van der Waals surface area contributed by atoms with Crippen LogP contribution in [0.25, 0.3) is 11.3 Å². The molecule has 1 aromatic carbocycles. The second kappa shape index (κ2) is 10.6. The fourth-order valence-electron chi connectivity index (χ4n) is 3.67. The lowest BCUT2D eigenvalue weighted by molar-refractivity contribution is -0.129. The molecule has 1 saturated heterocycles. The number of anilines is 1. The molecule has 3 heterocycles. The molecule has 2 aromatic heterocycles. The minimum Gasteiger partial charge on any atom is -0.345 e. The van der Waals surface area contributed by atoms with Crippen molar-refractivity contribution in [3.8, 4) is 11.3 Å². The highest BCUT2D eigenvalue weighted by molar-refractivity contribution is 7.14. The first-order chi connectivity index (χ1) is 16.0. The number of likely N-dealkylation sites (N-methyl/N-ethyl adjacent to an activating group) is 1. The number of halogens is 1. The Balaban J connectivity index is 1.15. The molecule has 1 aliphatic rings. The van der Waals surface area contributed by atoms with Crippen molar-refractivity contribution in [2.45, 2.75) is 32.1 Å². The summed E-state index contributed by atoms with van der Waals surface area (Å²) in [5.41, 5.74) is 3.44. The SMILES string of the molecule is CN(CCCCCc1cc(-c2ccc(F)cc2)n[nH]1)C(=O)Cc1csc(N2CCNC2=O)n1. The molecule has 1 aliphatic heterocycles.